The van der Waals surface area contributed by atoms with Gasteiger partial charge in [-0.3, -0.25) is 0 Å². The third-order valence-electron chi connectivity index (χ3n) is 4.00. The summed E-state index contributed by atoms with van der Waals surface area (Å²) in [5, 5.41) is 4.25. The highest BCUT2D eigenvalue weighted by molar-refractivity contribution is 6.33. The molecule has 3 rings (SSSR count). The van der Waals surface area contributed by atoms with Crippen LogP contribution in [-0.4, -0.2) is 31.8 Å². The van der Waals surface area contributed by atoms with Crippen LogP contribution in [0.5, 0.6) is 0 Å². The van der Waals surface area contributed by atoms with E-state index in [0.29, 0.717) is 12.2 Å². The smallest absolute Gasteiger partial charge is 0.0755 e. The number of morpholine rings is 1. The molecule has 1 N–H and O–H groups in total. The van der Waals surface area contributed by atoms with Crippen molar-refractivity contribution in [1.82, 2.24) is 5.32 Å². The topological polar surface area (TPSA) is 24.5 Å². The number of nitrogens with one attached hydrogen (secondary N) is 1. The van der Waals surface area contributed by atoms with E-state index in [9.17, 15) is 0 Å². The molecule has 0 radical (unpaired) electrons. The van der Waals surface area contributed by atoms with Crippen LogP contribution >= 0.6 is 11.6 Å². The SMILES string of the molecule is CCNCc1cccc(Cl)c1N1CC2CCC(C1)O2. The van der Waals surface area contributed by atoms with Crippen LogP contribution in [-0.2, 0) is 11.3 Å². The van der Waals surface area contributed by atoms with Gasteiger partial charge >= 0.3 is 0 Å². The number of hydrogen-bond acceptors (Lipinski definition) is 3. The van der Waals surface area contributed by atoms with Gasteiger partial charge in [0, 0.05) is 19.6 Å². The summed E-state index contributed by atoms with van der Waals surface area (Å²) < 4.78 is 5.91. The Labute approximate surface area is 119 Å². The zero-order valence-electron chi connectivity index (χ0n) is 11.4. The number of ether oxygens (including phenoxy) is 1. The van der Waals surface area contributed by atoms with Gasteiger partial charge in [-0.2, -0.15) is 0 Å². The second-order valence-electron chi connectivity index (χ2n) is 5.39. The fourth-order valence-electron chi connectivity index (χ4n) is 3.11. The number of benzene rings is 1. The van der Waals surface area contributed by atoms with Gasteiger partial charge in [-0.05, 0) is 31.0 Å². The summed E-state index contributed by atoms with van der Waals surface area (Å²) in [4.78, 5) is 2.42. The molecule has 2 saturated heterocycles. The Morgan fingerprint density at radius 3 is 2.74 bits per heavy atom. The van der Waals surface area contributed by atoms with E-state index in [1.54, 1.807) is 0 Å². The van der Waals surface area contributed by atoms with Gasteiger partial charge < -0.3 is 15.0 Å². The molecule has 0 saturated carbocycles. The predicted molar refractivity (Wildman–Crippen MR) is 78.9 cm³/mol. The third kappa shape index (κ3) is 2.73. The van der Waals surface area contributed by atoms with Crippen LogP contribution in [0.2, 0.25) is 5.02 Å². The van der Waals surface area contributed by atoms with Crippen LogP contribution in [0.15, 0.2) is 18.2 Å². The standard InChI is InChI=1S/C15H21ClN2O/c1-2-17-8-11-4-3-5-14(16)15(11)18-9-12-6-7-13(10-18)19-12/h3-5,12-13,17H,2,6-10H2,1H3. The predicted octanol–water partition coefficient (Wildman–Crippen LogP) is 2.82. The zero-order valence-corrected chi connectivity index (χ0v) is 12.1. The van der Waals surface area contributed by atoms with Crippen LogP contribution < -0.4 is 10.2 Å². The van der Waals surface area contributed by atoms with Gasteiger partial charge in [-0.25, -0.2) is 0 Å². The lowest BCUT2D eigenvalue weighted by atomic mass is 10.1. The minimum Gasteiger partial charge on any atom is -0.371 e. The van der Waals surface area contributed by atoms with Crippen molar-refractivity contribution in [3.05, 3.63) is 28.8 Å². The quantitative estimate of drug-likeness (QED) is 0.918. The maximum atomic E-state index is 6.45. The van der Waals surface area contributed by atoms with Gasteiger partial charge in [-0.15, -0.1) is 0 Å². The first kappa shape index (κ1) is 13.2. The highest BCUT2D eigenvalue weighted by Crippen LogP contribution is 2.35. The fourth-order valence-corrected chi connectivity index (χ4v) is 3.43. The lowest BCUT2D eigenvalue weighted by Gasteiger charge is -2.35. The normalized spacial score (nSPS) is 25.9. The zero-order chi connectivity index (χ0) is 13.2. The molecule has 0 amide bonds. The number of halogens is 1. The van der Waals surface area contributed by atoms with E-state index in [0.717, 1.165) is 31.2 Å². The molecule has 1 aromatic rings. The van der Waals surface area contributed by atoms with Crippen molar-refractivity contribution in [2.45, 2.75) is 38.5 Å². The highest BCUT2D eigenvalue weighted by Gasteiger charge is 2.34. The lowest BCUT2D eigenvalue weighted by Crippen LogP contribution is -2.43. The number of anilines is 1. The summed E-state index contributed by atoms with van der Waals surface area (Å²) in [5.74, 6) is 0. The van der Waals surface area contributed by atoms with Crippen molar-refractivity contribution in [2.75, 3.05) is 24.5 Å². The van der Waals surface area contributed by atoms with E-state index >= 15 is 0 Å². The van der Waals surface area contributed by atoms with Gasteiger partial charge in [0.15, 0.2) is 0 Å². The second kappa shape index (κ2) is 5.70. The lowest BCUT2D eigenvalue weighted by molar-refractivity contribution is 0.0304. The summed E-state index contributed by atoms with van der Waals surface area (Å²) >= 11 is 6.45. The molecule has 2 unspecified atom stereocenters. The molecule has 0 aromatic heterocycles. The molecule has 19 heavy (non-hydrogen) atoms. The first-order valence-electron chi connectivity index (χ1n) is 7.16. The Hall–Kier alpha value is -0.770. The van der Waals surface area contributed by atoms with Gasteiger partial charge in [-0.1, -0.05) is 30.7 Å². The molecule has 4 heteroatoms. The highest BCUT2D eigenvalue weighted by atomic mass is 35.5. The average Bonchev–Trinajstić information content (AvgIpc) is 2.75. The molecule has 2 fully saturated rings. The first-order chi connectivity index (χ1) is 9.28. The molecule has 1 aromatic carbocycles. The van der Waals surface area contributed by atoms with Crippen LogP contribution in [0.1, 0.15) is 25.3 Å². The molecule has 3 nitrogen and oxygen atoms in total. The van der Waals surface area contributed by atoms with E-state index in [4.69, 9.17) is 16.3 Å². The third-order valence-corrected chi connectivity index (χ3v) is 4.30. The Bertz CT molecular complexity index is 440. The van der Waals surface area contributed by atoms with Crippen LogP contribution in [0.4, 0.5) is 5.69 Å². The van der Waals surface area contributed by atoms with Gasteiger partial charge in [0.25, 0.3) is 0 Å². The number of rotatable bonds is 4. The molecule has 2 aliphatic heterocycles. The van der Waals surface area contributed by atoms with E-state index in [2.05, 4.69) is 23.2 Å². The maximum absolute atomic E-state index is 6.45. The molecule has 2 aliphatic rings. The molecule has 0 spiro atoms. The molecular weight excluding hydrogens is 260 g/mol. The maximum Gasteiger partial charge on any atom is 0.0755 e. The number of para-hydroxylation sites is 1. The van der Waals surface area contributed by atoms with Crippen LogP contribution in [0.25, 0.3) is 0 Å². The molecule has 0 aliphatic carbocycles. The molecule has 2 heterocycles. The van der Waals surface area contributed by atoms with E-state index in [1.165, 1.54) is 24.1 Å². The van der Waals surface area contributed by atoms with Gasteiger partial charge in [0.05, 0.1) is 22.9 Å². The molecule has 104 valence electrons. The summed E-state index contributed by atoms with van der Waals surface area (Å²) in [5.41, 5.74) is 2.49. The van der Waals surface area contributed by atoms with Crippen molar-refractivity contribution in [1.29, 1.82) is 0 Å². The summed E-state index contributed by atoms with van der Waals surface area (Å²) in [6.45, 7) is 5.91. The van der Waals surface area contributed by atoms with E-state index in [1.807, 2.05) is 12.1 Å². The number of hydrogen-bond donors (Lipinski definition) is 1. The van der Waals surface area contributed by atoms with Crippen LogP contribution in [0, 0.1) is 0 Å². The fraction of sp³-hybridized carbons (Fsp3) is 0.600. The largest absolute Gasteiger partial charge is 0.371 e. The van der Waals surface area contributed by atoms with Crippen molar-refractivity contribution >= 4 is 17.3 Å². The Morgan fingerprint density at radius 2 is 2.05 bits per heavy atom. The monoisotopic (exact) mass is 280 g/mol. The number of fused-ring (bicyclic) bond motifs is 2. The Kier molecular flexibility index (Phi) is 3.96. The molecular formula is C15H21ClN2O. The van der Waals surface area contributed by atoms with Crippen molar-refractivity contribution in [3.63, 3.8) is 0 Å². The van der Waals surface area contributed by atoms with Crippen molar-refractivity contribution in [3.8, 4) is 0 Å². The molecule has 2 atom stereocenters. The summed E-state index contributed by atoms with van der Waals surface area (Å²) in [6.07, 6.45) is 3.16. The minimum atomic E-state index is 0.391. The number of nitrogens with zero attached hydrogens (tertiary/aromatic N) is 1. The van der Waals surface area contributed by atoms with E-state index in [-0.39, 0.29) is 0 Å². The minimum absolute atomic E-state index is 0.391. The first-order valence-corrected chi connectivity index (χ1v) is 7.54. The average molecular weight is 281 g/mol. The van der Waals surface area contributed by atoms with Crippen LogP contribution in [0.3, 0.4) is 0 Å². The van der Waals surface area contributed by atoms with Gasteiger partial charge in [0.1, 0.15) is 0 Å². The van der Waals surface area contributed by atoms with Crippen molar-refractivity contribution < 1.29 is 4.74 Å². The summed E-state index contributed by atoms with van der Waals surface area (Å²) in [7, 11) is 0. The Morgan fingerprint density at radius 1 is 1.32 bits per heavy atom. The van der Waals surface area contributed by atoms with Crippen molar-refractivity contribution in [2.24, 2.45) is 0 Å². The Balaban J connectivity index is 1.86. The second-order valence-corrected chi connectivity index (χ2v) is 5.80. The van der Waals surface area contributed by atoms with Gasteiger partial charge in [0.2, 0.25) is 0 Å². The molecule has 2 bridgehead atoms. The van der Waals surface area contributed by atoms with E-state index < -0.39 is 0 Å². The summed E-state index contributed by atoms with van der Waals surface area (Å²) in [6, 6.07) is 6.19.